The predicted molar refractivity (Wildman–Crippen MR) is 99.2 cm³/mol. The van der Waals surface area contributed by atoms with E-state index >= 15 is 0 Å². The molecule has 25 heavy (non-hydrogen) atoms. The van der Waals surface area contributed by atoms with Crippen LogP contribution in [0.3, 0.4) is 0 Å². The molecule has 134 valence electrons. The van der Waals surface area contributed by atoms with E-state index in [9.17, 15) is 13.2 Å². The van der Waals surface area contributed by atoms with Crippen LogP contribution in [0.1, 0.15) is 18.1 Å². The number of sulfone groups is 1. The maximum atomic E-state index is 12.4. The summed E-state index contributed by atoms with van der Waals surface area (Å²) < 4.78 is 29.0. The van der Waals surface area contributed by atoms with Crippen molar-refractivity contribution in [1.29, 1.82) is 0 Å². The lowest BCUT2D eigenvalue weighted by molar-refractivity contribution is -0.122. The second kappa shape index (κ2) is 7.45. The molecule has 0 fully saturated rings. The van der Waals surface area contributed by atoms with Crippen LogP contribution in [0.4, 0.5) is 5.69 Å². The molecule has 0 aliphatic carbocycles. The largest absolute Gasteiger partial charge is 0.481 e. The predicted octanol–water partition coefficient (Wildman–Crippen LogP) is 3.77. The second-order valence-corrected chi connectivity index (χ2v) is 8.36. The quantitative estimate of drug-likeness (QED) is 0.855. The third kappa shape index (κ3) is 4.96. The van der Waals surface area contributed by atoms with Gasteiger partial charge in [0.25, 0.3) is 5.91 Å². The van der Waals surface area contributed by atoms with Crippen molar-refractivity contribution in [3.05, 3.63) is 52.5 Å². The molecule has 1 amide bonds. The van der Waals surface area contributed by atoms with Crippen molar-refractivity contribution in [2.24, 2.45) is 0 Å². The molecule has 2 aromatic rings. The zero-order valence-corrected chi connectivity index (χ0v) is 16.0. The van der Waals surface area contributed by atoms with E-state index in [1.54, 1.807) is 38.1 Å². The molecule has 0 saturated heterocycles. The molecule has 0 bridgehead atoms. The van der Waals surface area contributed by atoms with Gasteiger partial charge in [-0.3, -0.25) is 4.79 Å². The summed E-state index contributed by atoms with van der Waals surface area (Å²) in [5.41, 5.74) is 2.02. The Morgan fingerprint density at radius 1 is 1.12 bits per heavy atom. The third-order valence-electron chi connectivity index (χ3n) is 3.71. The number of rotatable bonds is 5. The first-order valence-electron chi connectivity index (χ1n) is 7.62. The highest BCUT2D eigenvalue weighted by atomic mass is 35.5. The van der Waals surface area contributed by atoms with Crippen LogP contribution in [-0.2, 0) is 14.6 Å². The number of hydrogen-bond acceptors (Lipinski definition) is 4. The fourth-order valence-electron chi connectivity index (χ4n) is 2.19. The fraction of sp³-hybridized carbons (Fsp3) is 0.278. The van der Waals surface area contributed by atoms with Crippen LogP contribution in [0, 0.1) is 13.8 Å². The fourth-order valence-corrected chi connectivity index (χ4v) is 3.06. The van der Waals surface area contributed by atoms with Gasteiger partial charge in [0.2, 0.25) is 0 Å². The average molecular weight is 382 g/mol. The summed E-state index contributed by atoms with van der Waals surface area (Å²) in [7, 11) is -3.35. The maximum absolute atomic E-state index is 12.4. The van der Waals surface area contributed by atoms with Gasteiger partial charge in [-0.1, -0.05) is 17.7 Å². The highest BCUT2D eigenvalue weighted by Gasteiger charge is 2.18. The smallest absolute Gasteiger partial charge is 0.265 e. The first-order valence-corrected chi connectivity index (χ1v) is 9.89. The summed E-state index contributed by atoms with van der Waals surface area (Å²) in [5.74, 6) is 0.191. The molecule has 1 N–H and O–H groups in total. The van der Waals surface area contributed by atoms with Crippen LogP contribution in [0.15, 0.2) is 41.3 Å². The Hall–Kier alpha value is -2.05. The molecule has 0 saturated carbocycles. The molecular formula is C18H20ClNO4S. The lowest BCUT2D eigenvalue weighted by Gasteiger charge is -2.17. The molecule has 2 aromatic carbocycles. The monoisotopic (exact) mass is 381 g/mol. The van der Waals surface area contributed by atoms with Gasteiger partial charge in [-0.25, -0.2) is 8.42 Å². The molecule has 0 aliphatic heterocycles. The normalized spacial score (nSPS) is 12.5. The van der Waals surface area contributed by atoms with E-state index in [0.29, 0.717) is 16.5 Å². The van der Waals surface area contributed by atoms with Crippen molar-refractivity contribution in [1.82, 2.24) is 0 Å². The van der Waals surface area contributed by atoms with Crippen molar-refractivity contribution in [2.75, 3.05) is 11.6 Å². The third-order valence-corrected chi connectivity index (χ3v) is 5.05. The van der Waals surface area contributed by atoms with Crippen LogP contribution in [0.2, 0.25) is 5.02 Å². The lowest BCUT2D eigenvalue weighted by Crippen LogP contribution is -2.30. The minimum Gasteiger partial charge on any atom is -0.481 e. The molecule has 0 heterocycles. The summed E-state index contributed by atoms with van der Waals surface area (Å²) in [6, 6.07) is 9.76. The van der Waals surface area contributed by atoms with Gasteiger partial charge < -0.3 is 10.1 Å². The molecule has 5 nitrogen and oxygen atoms in total. The van der Waals surface area contributed by atoms with Crippen molar-refractivity contribution >= 4 is 33.0 Å². The lowest BCUT2D eigenvalue weighted by atomic mass is 10.2. The minimum atomic E-state index is -3.35. The number of halogens is 1. The van der Waals surface area contributed by atoms with Crippen LogP contribution in [0.5, 0.6) is 5.75 Å². The molecule has 0 spiro atoms. The molecule has 0 aromatic heterocycles. The van der Waals surface area contributed by atoms with E-state index in [1.165, 1.54) is 12.1 Å². The number of ether oxygens (including phenoxy) is 1. The summed E-state index contributed by atoms with van der Waals surface area (Å²) >= 11 is 5.91. The summed E-state index contributed by atoms with van der Waals surface area (Å²) in [4.78, 5) is 12.5. The van der Waals surface area contributed by atoms with E-state index in [1.807, 2.05) is 6.92 Å². The SMILES string of the molecule is Cc1ccc(S(C)(=O)=O)cc1NC(=O)C(C)Oc1ccc(Cl)cc1C. The van der Waals surface area contributed by atoms with Gasteiger partial charge in [-0.2, -0.15) is 0 Å². The molecule has 7 heteroatoms. The Kier molecular flexibility index (Phi) is 5.75. The molecule has 0 radical (unpaired) electrons. The average Bonchev–Trinajstić information content (AvgIpc) is 2.50. The number of anilines is 1. The topological polar surface area (TPSA) is 72.5 Å². The Balaban J connectivity index is 2.16. The van der Waals surface area contributed by atoms with E-state index in [4.69, 9.17) is 16.3 Å². The summed E-state index contributed by atoms with van der Waals surface area (Å²) in [6.07, 6.45) is 0.361. The maximum Gasteiger partial charge on any atom is 0.265 e. The Morgan fingerprint density at radius 2 is 1.80 bits per heavy atom. The Morgan fingerprint density at radius 3 is 2.40 bits per heavy atom. The van der Waals surface area contributed by atoms with Gasteiger partial charge in [0.05, 0.1) is 4.90 Å². The van der Waals surface area contributed by atoms with Gasteiger partial charge in [0.1, 0.15) is 5.75 Å². The number of amides is 1. The van der Waals surface area contributed by atoms with Gasteiger partial charge >= 0.3 is 0 Å². The molecular weight excluding hydrogens is 362 g/mol. The summed E-state index contributed by atoms with van der Waals surface area (Å²) in [5, 5.41) is 3.31. The zero-order valence-electron chi connectivity index (χ0n) is 14.5. The first-order chi connectivity index (χ1) is 11.6. The van der Waals surface area contributed by atoms with Gasteiger partial charge in [0, 0.05) is 17.0 Å². The first kappa shape index (κ1) is 19.3. The van der Waals surface area contributed by atoms with Crippen LogP contribution >= 0.6 is 11.6 Å². The number of aryl methyl sites for hydroxylation is 2. The van der Waals surface area contributed by atoms with Crippen molar-refractivity contribution < 1.29 is 17.9 Å². The molecule has 0 aliphatic rings. The van der Waals surface area contributed by atoms with E-state index in [2.05, 4.69) is 5.32 Å². The van der Waals surface area contributed by atoms with E-state index in [-0.39, 0.29) is 10.8 Å². The standard InChI is InChI=1S/C18H20ClNO4S/c1-11-5-7-15(25(4,22)23)10-16(11)20-18(21)13(3)24-17-8-6-14(19)9-12(17)2/h5-10,13H,1-4H3,(H,20,21). The molecule has 1 atom stereocenters. The highest BCUT2D eigenvalue weighted by Crippen LogP contribution is 2.24. The van der Waals surface area contributed by atoms with Crippen molar-refractivity contribution in [3.8, 4) is 5.75 Å². The second-order valence-electron chi connectivity index (χ2n) is 5.91. The van der Waals surface area contributed by atoms with Crippen LogP contribution in [-0.4, -0.2) is 26.7 Å². The van der Waals surface area contributed by atoms with Gasteiger partial charge in [0.15, 0.2) is 15.9 Å². The van der Waals surface area contributed by atoms with Gasteiger partial charge in [-0.15, -0.1) is 0 Å². The number of benzene rings is 2. The van der Waals surface area contributed by atoms with E-state index in [0.717, 1.165) is 17.4 Å². The molecule has 1 unspecified atom stereocenters. The van der Waals surface area contributed by atoms with Crippen LogP contribution in [0.25, 0.3) is 0 Å². The highest BCUT2D eigenvalue weighted by molar-refractivity contribution is 7.90. The Labute approximate surface area is 152 Å². The zero-order chi connectivity index (χ0) is 18.8. The van der Waals surface area contributed by atoms with Crippen molar-refractivity contribution in [2.45, 2.75) is 31.8 Å². The van der Waals surface area contributed by atoms with Gasteiger partial charge in [-0.05, 0) is 62.2 Å². The molecule has 2 rings (SSSR count). The van der Waals surface area contributed by atoms with Crippen molar-refractivity contribution in [3.63, 3.8) is 0 Å². The number of hydrogen-bond donors (Lipinski definition) is 1. The Bertz CT molecular complexity index is 909. The summed E-state index contributed by atoms with van der Waals surface area (Å²) in [6.45, 7) is 5.25. The number of carbonyl (C=O) groups is 1. The van der Waals surface area contributed by atoms with Crippen LogP contribution < -0.4 is 10.1 Å². The number of nitrogens with one attached hydrogen (secondary N) is 1. The van der Waals surface area contributed by atoms with E-state index < -0.39 is 15.9 Å². The number of carbonyl (C=O) groups excluding carboxylic acids is 1. The minimum absolute atomic E-state index is 0.149.